The molecule has 0 spiro atoms. The average molecular weight is 424 g/mol. The normalized spacial score (nSPS) is 24.8. The molecule has 2 bridgehead atoms. The van der Waals surface area contributed by atoms with Crippen LogP contribution >= 0.6 is 0 Å². The number of benzene rings is 1. The van der Waals surface area contributed by atoms with Crippen molar-refractivity contribution < 1.29 is 14.2 Å². The summed E-state index contributed by atoms with van der Waals surface area (Å²) in [5, 5.41) is 21.9. The average Bonchev–Trinajstić information content (AvgIpc) is 2.79. The molecule has 0 radical (unpaired) electrons. The van der Waals surface area contributed by atoms with E-state index in [0.29, 0.717) is 16.8 Å². The highest BCUT2D eigenvalue weighted by atomic mass is 19.1. The van der Waals surface area contributed by atoms with Crippen molar-refractivity contribution in [2.75, 3.05) is 6.54 Å². The number of aromatic nitrogens is 5. The molecule has 1 aromatic carbocycles. The van der Waals surface area contributed by atoms with E-state index in [1.807, 2.05) is 0 Å². The van der Waals surface area contributed by atoms with E-state index in [4.69, 9.17) is 4.74 Å². The van der Waals surface area contributed by atoms with Crippen LogP contribution in [0.5, 0.6) is 11.6 Å². The second-order valence-corrected chi connectivity index (χ2v) is 7.94. The van der Waals surface area contributed by atoms with Crippen LogP contribution in [0.15, 0.2) is 41.5 Å². The molecule has 4 heterocycles. The van der Waals surface area contributed by atoms with Crippen LogP contribution < -0.4 is 15.7 Å². The van der Waals surface area contributed by atoms with Crippen molar-refractivity contribution in [1.82, 2.24) is 30.0 Å². The minimum Gasteiger partial charge on any atom is -0.507 e. The summed E-state index contributed by atoms with van der Waals surface area (Å²) in [6.07, 6.45) is 1.55. The summed E-state index contributed by atoms with van der Waals surface area (Å²) < 4.78 is 21.6. The monoisotopic (exact) mass is 424 g/mol. The van der Waals surface area contributed by atoms with Crippen LogP contribution in [0.2, 0.25) is 0 Å². The number of alkyl halides is 1. The maximum Gasteiger partial charge on any atom is 0.350 e. The lowest BCUT2D eigenvalue weighted by Gasteiger charge is -2.44. The van der Waals surface area contributed by atoms with Crippen molar-refractivity contribution in [2.24, 2.45) is 13.0 Å². The third-order valence-electron chi connectivity index (χ3n) is 5.94. The van der Waals surface area contributed by atoms with E-state index in [1.165, 1.54) is 17.0 Å². The third kappa shape index (κ3) is 3.63. The molecule has 3 aromatic rings. The Kier molecular flexibility index (Phi) is 4.85. The smallest absolute Gasteiger partial charge is 0.350 e. The van der Waals surface area contributed by atoms with Crippen LogP contribution in [0.4, 0.5) is 4.39 Å². The molecule has 2 aliphatic heterocycles. The molecule has 6 rings (SSSR count). The minimum atomic E-state index is -1.07. The van der Waals surface area contributed by atoms with E-state index in [2.05, 4.69) is 25.5 Å². The van der Waals surface area contributed by atoms with Gasteiger partial charge in [-0.1, -0.05) is 6.07 Å². The number of hydrogen-bond acceptors (Lipinski definition) is 8. The first-order valence-electron chi connectivity index (χ1n) is 10.1. The lowest BCUT2D eigenvalue weighted by atomic mass is 9.78. The fraction of sp³-hybridized carbons (Fsp3) is 0.381. The van der Waals surface area contributed by atoms with Gasteiger partial charge in [0.1, 0.15) is 18.2 Å². The van der Waals surface area contributed by atoms with Crippen molar-refractivity contribution in [2.45, 2.75) is 31.2 Å². The van der Waals surface area contributed by atoms with Gasteiger partial charge in [-0.3, -0.25) is 4.57 Å². The number of nitrogens with one attached hydrogen (secondary N) is 1. The first-order valence-corrected chi connectivity index (χ1v) is 10.1. The molecule has 0 amide bonds. The highest BCUT2D eigenvalue weighted by Crippen LogP contribution is 2.35. The van der Waals surface area contributed by atoms with E-state index in [-0.39, 0.29) is 29.4 Å². The SMILES string of the molecule is Cn1cnc(-c2ccc(-c3ccc(O[C@@H]4C5CCC(NC5)[C@@H]4F)nn3)c(O)c2)nc1=O. The number of ether oxygens (including phenoxy) is 1. The summed E-state index contributed by atoms with van der Waals surface area (Å²) >= 11 is 0. The van der Waals surface area contributed by atoms with Gasteiger partial charge in [0.2, 0.25) is 5.88 Å². The molecule has 2 aromatic heterocycles. The summed E-state index contributed by atoms with van der Waals surface area (Å²) in [5.74, 6) is 0.546. The van der Waals surface area contributed by atoms with Gasteiger partial charge in [0, 0.05) is 42.7 Å². The first-order chi connectivity index (χ1) is 15.0. The van der Waals surface area contributed by atoms with Gasteiger partial charge < -0.3 is 15.2 Å². The molecule has 1 saturated carbocycles. The molecule has 4 atom stereocenters. The number of aromatic hydroxyl groups is 1. The van der Waals surface area contributed by atoms with Crippen molar-refractivity contribution in [3.63, 3.8) is 0 Å². The van der Waals surface area contributed by atoms with Gasteiger partial charge in [-0.05, 0) is 31.0 Å². The Hall–Kier alpha value is -3.40. The zero-order valence-electron chi connectivity index (χ0n) is 16.8. The summed E-state index contributed by atoms with van der Waals surface area (Å²) in [4.78, 5) is 19.7. The predicted octanol–water partition coefficient (Wildman–Crippen LogP) is 1.47. The Morgan fingerprint density at radius 2 is 2.10 bits per heavy atom. The standard InChI is InChI=1S/C21H21FN6O3/c1-28-10-24-20(25-21(28)30)11-2-4-13(16(29)8-11)14-6-7-17(27-26-14)31-19-12-3-5-15(18(19)22)23-9-12/h2,4,6-8,10,12,15,18-19,23,29H,3,5,9H2,1H3/t12?,15?,18-,19+/m0/s1. The molecule has 3 aliphatic rings. The highest BCUT2D eigenvalue weighted by molar-refractivity contribution is 5.71. The summed E-state index contributed by atoms with van der Waals surface area (Å²) in [6.45, 7) is 0.749. The lowest BCUT2D eigenvalue weighted by Crippen LogP contribution is -2.61. The molecule has 9 nitrogen and oxygen atoms in total. The van der Waals surface area contributed by atoms with Crippen LogP contribution in [0, 0.1) is 5.92 Å². The minimum absolute atomic E-state index is 0.0516. The Morgan fingerprint density at radius 3 is 2.74 bits per heavy atom. The van der Waals surface area contributed by atoms with Gasteiger partial charge in [-0.15, -0.1) is 10.2 Å². The van der Waals surface area contributed by atoms with E-state index in [1.54, 1.807) is 31.3 Å². The maximum absolute atomic E-state index is 14.6. The molecule has 3 fully saturated rings. The number of phenols is 1. The lowest BCUT2D eigenvalue weighted by molar-refractivity contribution is -0.0353. The zero-order valence-corrected chi connectivity index (χ0v) is 16.8. The number of phenolic OH excluding ortho intramolecular Hbond substituents is 1. The van der Waals surface area contributed by atoms with Gasteiger partial charge in [0.15, 0.2) is 12.0 Å². The topological polar surface area (TPSA) is 115 Å². The Balaban J connectivity index is 1.35. The van der Waals surface area contributed by atoms with Gasteiger partial charge >= 0.3 is 5.69 Å². The van der Waals surface area contributed by atoms with Gasteiger partial charge in [0.05, 0.1) is 5.69 Å². The molecule has 2 N–H and O–H groups in total. The second-order valence-electron chi connectivity index (χ2n) is 7.94. The van der Waals surface area contributed by atoms with Crippen LogP contribution in [0.3, 0.4) is 0 Å². The van der Waals surface area contributed by atoms with Crippen LogP contribution in [0.1, 0.15) is 12.8 Å². The van der Waals surface area contributed by atoms with E-state index in [9.17, 15) is 14.3 Å². The maximum atomic E-state index is 14.6. The zero-order chi connectivity index (χ0) is 21.5. The molecule has 10 heteroatoms. The predicted molar refractivity (Wildman–Crippen MR) is 109 cm³/mol. The van der Waals surface area contributed by atoms with E-state index < -0.39 is 18.0 Å². The van der Waals surface area contributed by atoms with Crippen molar-refractivity contribution in [3.05, 3.63) is 47.1 Å². The van der Waals surface area contributed by atoms with Crippen molar-refractivity contribution >= 4 is 0 Å². The van der Waals surface area contributed by atoms with Crippen LogP contribution in [-0.4, -0.2) is 54.7 Å². The van der Waals surface area contributed by atoms with Crippen LogP contribution in [-0.2, 0) is 7.05 Å². The molecule has 2 saturated heterocycles. The number of halogens is 1. The van der Waals surface area contributed by atoms with Crippen LogP contribution in [0.25, 0.3) is 22.6 Å². The fourth-order valence-corrected chi connectivity index (χ4v) is 4.18. The Labute approximate surface area is 177 Å². The second kappa shape index (κ2) is 7.69. The molecular formula is C21H21FN6O3. The third-order valence-corrected chi connectivity index (χ3v) is 5.94. The number of hydrogen-bond donors (Lipinski definition) is 2. The fourth-order valence-electron chi connectivity index (χ4n) is 4.18. The first kappa shape index (κ1) is 19.6. The van der Waals surface area contributed by atoms with E-state index >= 15 is 0 Å². The summed E-state index contributed by atoms with van der Waals surface area (Å²) in [7, 11) is 1.56. The molecule has 1 aliphatic carbocycles. The van der Waals surface area contributed by atoms with Gasteiger partial charge in [-0.25, -0.2) is 14.2 Å². The van der Waals surface area contributed by atoms with Gasteiger partial charge in [-0.2, -0.15) is 4.98 Å². The molecular weight excluding hydrogens is 403 g/mol. The highest BCUT2D eigenvalue weighted by Gasteiger charge is 2.45. The molecule has 31 heavy (non-hydrogen) atoms. The Bertz CT molecular complexity index is 1160. The number of piperidine rings is 2. The number of rotatable bonds is 4. The van der Waals surface area contributed by atoms with Gasteiger partial charge in [0.25, 0.3) is 0 Å². The van der Waals surface area contributed by atoms with Crippen molar-refractivity contribution in [1.29, 1.82) is 0 Å². The molecule has 2 unspecified atom stereocenters. The quantitative estimate of drug-likeness (QED) is 0.647. The number of aryl methyl sites for hydroxylation is 1. The number of fused-ring (bicyclic) bond motifs is 3. The Morgan fingerprint density at radius 1 is 1.23 bits per heavy atom. The van der Waals surface area contributed by atoms with E-state index in [0.717, 1.165) is 19.4 Å². The number of nitrogens with zero attached hydrogens (tertiary/aromatic N) is 5. The summed E-state index contributed by atoms with van der Waals surface area (Å²) in [6, 6.07) is 7.94. The van der Waals surface area contributed by atoms with Crippen molar-refractivity contribution in [3.8, 4) is 34.3 Å². The largest absolute Gasteiger partial charge is 0.507 e. The summed E-state index contributed by atoms with van der Waals surface area (Å²) in [5.41, 5.74) is 0.954. The molecule has 160 valence electrons.